The van der Waals surface area contributed by atoms with E-state index < -0.39 is 28.9 Å². The van der Waals surface area contributed by atoms with Crippen LogP contribution in [0.2, 0.25) is 0 Å². The van der Waals surface area contributed by atoms with Crippen LogP contribution in [-0.2, 0) is 16.0 Å². The van der Waals surface area contributed by atoms with E-state index in [-0.39, 0.29) is 18.4 Å². The van der Waals surface area contributed by atoms with E-state index in [1.54, 1.807) is 12.1 Å². The molecule has 0 radical (unpaired) electrons. The van der Waals surface area contributed by atoms with Crippen molar-refractivity contribution in [3.05, 3.63) is 35.4 Å². The van der Waals surface area contributed by atoms with Crippen molar-refractivity contribution >= 4 is 11.8 Å². The van der Waals surface area contributed by atoms with Gasteiger partial charge in [-0.1, -0.05) is 24.3 Å². The van der Waals surface area contributed by atoms with Crippen LogP contribution < -0.4 is 0 Å². The van der Waals surface area contributed by atoms with Gasteiger partial charge in [0.25, 0.3) is 5.60 Å². The van der Waals surface area contributed by atoms with Gasteiger partial charge in [0, 0.05) is 5.56 Å². The van der Waals surface area contributed by atoms with E-state index in [0.717, 1.165) is 14.0 Å². The van der Waals surface area contributed by atoms with Gasteiger partial charge in [0.2, 0.25) is 0 Å². The predicted octanol–water partition coefficient (Wildman–Crippen LogP) is 2.29. The lowest BCUT2D eigenvalue weighted by atomic mass is 9.61. The fraction of sp³-hybridized carbons (Fsp3) is 0.467. The first-order valence-corrected chi connectivity index (χ1v) is 6.60. The average Bonchev–Trinajstić information content (AvgIpc) is 2.48. The molecule has 0 saturated carbocycles. The summed E-state index contributed by atoms with van der Waals surface area (Å²) in [4.78, 5) is 24.3. The molecule has 0 spiro atoms. The van der Waals surface area contributed by atoms with Gasteiger partial charge in [0.05, 0.1) is 12.5 Å². The van der Waals surface area contributed by atoms with E-state index in [9.17, 15) is 27.9 Å². The Morgan fingerprint density at radius 1 is 1.32 bits per heavy atom. The topological polar surface area (TPSA) is 63.6 Å². The molecule has 1 aliphatic carbocycles. The maximum atomic E-state index is 13.4. The summed E-state index contributed by atoms with van der Waals surface area (Å²) in [6, 6.07) is 6.22. The molecule has 0 amide bonds. The summed E-state index contributed by atoms with van der Waals surface area (Å²) in [5.41, 5.74) is -5.55. The van der Waals surface area contributed by atoms with Crippen molar-refractivity contribution in [3.8, 4) is 0 Å². The van der Waals surface area contributed by atoms with Crippen molar-refractivity contribution < 1.29 is 32.6 Å². The van der Waals surface area contributed by atoms with Crippen LogP contribution in [0.25, 0.3) is 0 Å². The zero-order valence-corrected chi connectivity index (χ0v) is 12.0. The van der Waals surface area contributed by atoms with E-state index in [0.29, 0.717) is 5.56 Å². The van der Waals surface area contributed by atoms with Gasteiger partial charge in [-0.15, -0.1) is 0 Å². The Morgan fingerprint density at radius 3 is 2.45 bits per heavy atom. The zero-order chi connectivity index (χ0) is 16.8. The smallest absolute Gasteiger partial charge is 0.429 e. The van der Waals surface area contributed by atoms with Crippen molar-refractivity contribution in [2.24, 2.45) is 5.41 Å². The molecule has 120 valence electrons. The SMILES string of the molecule is COC(=O)[C@](O)(C(F)(F)F)[C@]1(C)CCc2ccccc2C1=O. The highest BCUT2D eigenvalue weighted by molar-refractivity contribution is 6.06. The van der Waals surface area contributed by atoms with Crippen LogP contribution in [0.3, 0.4) is 0 Å². The van der Waals surface area contributed by atoms with E-state index >= 15 is 0 Å². The van der Waals surface area contributed by atoms with Gasteiger partial charge in [0.15, 0.2) is 5.78 Å². The third kappa shape index (κ3) is 2.03. The van der Waals surface area contributed by atoms with Crippen LogP contribution in [-0.4, -0.2) is 35.7 Å². The summed E-state index contributed by atoms with van der Waals surface area (Å²) in [5.74, 6) is -2.80. The number of rotatable bonds is 2. The number of aliphatic hydroxyl groups is 1. The molecule has 0 bridgehead atoms. The number of hydrogen-bond acceptors (Lipinski definition) is 4. The average molecular weight is 316 g/mol. The molecule has 2 atom stereocenters. The number of Topliss-reactive ketones (excluding diaryl/α,β-unsaturated/α-hetero) is 1. The van der Waals surface area contributed by atoms with Crippen LogP contribution in [0.4, 0.5) is 13.2 Å². The molecule has 0 aromatic heterocycles. The van der Waals surface area contributed by atoms with Crippen molar-refractivity contribution in [1.29, 1.82) is 0 Å². The van der Waals surface area contributed by atoms with E-state index in [1.165, 1.54) is 12.1 Å². The minimum absolute atomic E-state index is 0.0860. The summed E-state index contributed by atoms with van der Waals surface area (Å²) >= 11 is 0. The fourth-order valence-electron chi connectivity index (χ4n) is 2.90. The Labute approximate surface area is 124 Å². The van der Waals surface area contributed by atoms with Gasteiger partial charge in [-0.3, -0.25) is 4.79 Å². The van der Waals surface area contributed by atoms with Crippen LogP contribution in [0.15, 0.2) is 24.3 Å². The van der Waals surface area contributed by atoms with Crippen molar-refractivity contribution in [1.82, 2.24) is 0 Å². The second-order valence-electron chi connectivity index (χ2n) is 5.52. The highest BCUT2D eigenvalue weighted by Gasteiger charge is 2.73. The minimum atomic E-state index is -5.34. The second-order valence-corrected chi connectivity index (χ2v) is 5.52. The van der Waals surface area contributed by atoms with E-state index in [1.807, 2.05) is 0 Å². The second kappa shape index (κ2) is 5.08. The molecule has 0 saturated heterocycles. The van der Waals surface area contributed by atoms with E-state index in [2.05, 4.69) is 4.74 Å². The molecule has 22 heavy (non-hydrogen) atoms. The van der Waals surface area contributed by atoms with Crippen LogP contribution >= 0.6 is 0 Å². The number of halogens is 3. The summed E-state index contributed by atoms with van der Waals surface area (Å²) < 4.78 is 44.4. The lowest BCUT2D eigenvalue weighted by Gasteiger charge is -2.44. The third-order valence-corrected chi connectivity index (χ3v) is 4.35. The monoisotopic (exact) mass is 316 g/mol. The van der Waals surface area contributed by atoms with Crippen molar-refractivity contribution in [3.63, 3.8) is 0 Å². The lowest BCUT2D eigenvalue weighted by molar-refractivity contribution is -0.287. The molecule has 1 aromatic rings. The number of esters is 1. The number of alkyl halides is 3. The lowest BCUT2D eigenvalue weighted by Crippen LogP contribution is -2.66. The molecule has 4 nitrogen and oxygen atoms in total. The Morgan fingerprint density at radius 2 is 1.91 bits per heavy atom. The summed E-state index contributed by atoms with van der Waals surface area (Å²) in [6.45, 7) is 0.954. The van der Waals surface area contributed by atoms with Gasteiger partial charge in [-0.05, 0) is 25.3 Å². The number of methoxy groups -OCH3 is 1. The largest absolute Gasteiger partial charge is 0.467 e. The maximum Gasteiger partial charge on any atom is 0.429 e. The molecule has 0 fully saturated rings. The number of ketones is 1. The van der Waals surface area contributed by atoms with Crippen molar-refractivity contribution in [2.45, 2.75) is 31.5 Å². The fourth-order valence-corrected chi connectivity index (χ4v) is 2.90. The number of carbonyl (C=O) groups is 2. The van der Waals surface area contributed by atoms with Crippen LogP contribution in [0.5, 0.6) is 0 Å². The molecular formula is C15H15F3O4. The Bertz CT molecular complexity index is 625. The van der Waals surface area contributed by atoms with Gasteiger partial charge in [-0.2, -0.15) is 13.2 Å². The number of aryl methyl sites for hydroxylation is 1. The predicted molar refractivity (Wildman–Crippen MR) is 70.2 cm³/mol. The molecule has 1 aliphatic rings. The number of carbonyl (C=O) groups excluding carboxylic acids is 2. The molecule has 2 rings (SSSR count). The first-order chi connectivity index (χ1) is 10.1. The van der Waals surface area contributed by atoms with Gasteiger partial charge in [0.1, 0.15) is 0 Å². The van der Waals surface area contributed by atoms with Crippen molar-refractivity contribution in [2.75, 3.05) is 7.11 Å². The zero-order valence-electron chi connectivity index (χ0n) is 12.0. The number of benzene rings is 1. The van der Waals surface area contributed by atoms with Gasteiger partial charge < -0.3 is 9.84 Å². The normalized spacial score (nSPS) is 24.4. The Balaban J connectivity index is 2.63. The van der Waals surface area contributed by atoms with Gasteiger partial charge >= 0.3 is 12.1 Å². The Kier molecular flexibility index (Phi) is 3.81. The third-order valence-electron chi connectivity index (χ3n) is 4.35. The molecule has 0 heterocycles. The number of ether oxygens (including phenoxy) is 1. The van der Waals surface area contributed by atoms with E-state index in [4.69, 9.17) is 0 Å². The Hall–Kier alpha value is -1.89. The molecule has 1 aromatic carbocycles. The van der Waals surface area contributed by atoms with Crippen LogP contribution in [0, 0.1) is 5.41 Å². The molecule has 1 N–H and O–H groups in total. The first-order valence-electron chi connectivity index (χ1n) is 6.60. The van der Waals surface area contributed by atoms with Crippen LogP contribution in [0.1, 0.15) is 29.3 Å². The molecule has 0 aliphatic heterocycles. The summed E-state index contributed by atoms with van der Waals surface area (Å²) in [6.07, 6.45) is -5.50. The highest BCUT2D eigenvalue weighted by atomic mass is 19.4. The first kappa shape index (κ1) is 16.5. The van der Waals surface area contributed by atoms with Gasteiger partial charge in [-0.25, -0.2) is 4.79 Å². The molecule has 0 unspecified atom stereocenters. The standard InChI is InChI=1S/C15H15F3O4/c1-13(14(21,12(20)22-2)15(16,17)18)8-7-9-5-3-4-6-10(9)11(13)19/h3-6,21H,7-8H2,1-2H3/t13-,14-/m1/s1. The summed E-state index contributed by atoms with van der Waals surface area (Å²) in [7, 11) is 0.740. The maximum absolute atomic E-state index is 13.4. The number of fused-ring (bicyclic) bond motifs is 1. The summed E-state index contributed by atoms with van der Waals surface area (Å²) in [5, 5.41) is 10.2. The molecular weight excluding hydrogens is 301 g/mol. The quantitative estimate of drug-likeness (QED) is 0.850. The number of hydrogen-bond donors (Lipinski definition) is 1. The highest BCUT2D eigenvalue weighted by Crippen LogP contribution is 2.51. The minimum Gasteiger partial charge on any atom is -0.467 e. The molecule has 7 heteroatoms.